The number of carbonyl (C=O) groups is 4. The van der Waals surface area contributed by atoms with Gasteiger partial charge in [0.1, 0.15) is 23.7 Å². The van der Waals surface area contributed by atoms with Crippen LogP contribution in [0.25, 0.3) is 0 Å². The first kappa shape index (κ1) is 35.8. The minimum absolute atomic E-state index is 0.0276. The monoisotopic (exact) mass is 708 g/mol. The fourth-order valence-corrected chi connectivity index (χ4v) is 8.19. The van der Waals surface area contributed by atoms with E-state index in [1.54, 1.807) is 13.8 Å². The molecule has 13 nitrogen and oxygen atoms in total. The van der Waals surface area contributed by atoms with Crippen LogP contribution in [-0.4, -0.2) is 100 Å². The molecule has 10 unspecified atom stereocenters. The van der Waals surface area contributed by atoms with Crippen molar-refractivity contribution in [2.45, 2.75) is 134 Å². The van der Waals surface area contributed by atoms with Crippen molar-refractivity contribution >= 4 is 23.1 Å². The van der Waals surface area contributed by atoms with Gasteiger partial charge in [0.05, 0.1) is 48.8 Å². The van der Waals surface area contributed by atoms with E-state index in [9.17, 15) is 34.5 Å². The van der Waals surface area contributed by atoms with Crippen molar-refractivity contribution in [3.8, 4) is 11.5 Å². The number of phenols is 1. The third-order valence-corrected chi connectivity index (χ3v) is 10.8. The Hall–Kier alpha value is -3.56. The molecule has 0 amide bonds. The number of aliphatic hydroxyl groups is 2. The Balaban J connectivity index is 1.05. The highest BCUT2D eigenvalue weighted by molar-refractivity contribution is 6.32. The first-order valence-corrected chi connectivity index (χ1v) is 17.6. The summed E-state index contributed by atoms with van der Waals surface area (Å²) in [5.74, 6) is -1.90. The molecule has 0 bridgehead atoms. The molecule has 10 atom stereocenters. The maximum atomic E-state index is 14.0. The van der Waals surface area contributed by atoms with Crippen molar-refractivity contribution in [3.05, 3.63) is 57.1 Å². The maximum absolute atomic E-state index is 14.0. The molecule has 2 aromatic rings. The Morgan fingerprint density at radius 2 is 1.57 bits per heavy atom. The summed E-state index contributed by atoms with van der Waals surface area (Å²) >= 11 is 0. The molecule has 3 fully saturated rings. The molecule has 51 heavy (non-hydrogen) atoms. The Bertz CT molecular complexity index is 1770. The number of phenolic OH excluding ortho intramolecular Hbond substituents is 1. The smallest absolute Gasteiger partial charge is 0.198 e. The van der Waals surface area contributed by atoms with Crippen LogP contribution in [0, 0.1) is 0 Å². The third-order valence-electron chi connectivity index (χ3n) is 10.8. The van der Waals surface area contributed by atoms with E-state index in [0.29, 0.717) is 31.2 Å². The highest BCUT2D eigenvalue weighted by Gasteiger charge is 2.45. The highest BCUT2D eigenvalue weighted by Crippen LogP contribution is 2.46. The number of ketones is 4. The number of Topliss-reactive ketones (excluding diaryl/α,β-unsaturated/α-hetero) is 2. The lowest BCUT2D eigenvalue weighted by Crippen LogP contribution is -2.50. The van der Waals surface area contributed by atoms with Gasteiger partial charge >= 0.3 is 0 Å². The van der Waals surface area contributed by atoms with Crippen molar-refractivity contribution in [1.82, 2.24) is 0 Å². The molecule has 274 valence electrons. The molecule has 0 spiro atoms. The van der Waals surface area contributed by atoms with Gasteiger partial charge in [0.15, 0.2) is 35.7 Å². The summed E-state index contributed by atoms with van der Waals surface area (Å²) in [6.07, 6.45) is -3.54. The largest absolute Gasteiger partial charge is 0.507 e. The normalized spacial score (nSPS) is 35.2. The number of benzene rings is 2. The molecule has 3 heterocycles. The number of ether oxygens (including phenoxy) is 6. The minimum atomic E-state index is -1.34. The molecule has 5 aliphatic rings. The number of methoxy groups -OCH3 is 1. The number of hydrogen-bond acceptors (Lipinski definition) is 13. The van der Waals surface area contributed by atoms with Crippen LogP contribution in [0.4, 0.5) is 0 Å². The predicted molar refractivity (Wildman–Crippen MR) is 177 cm³/mol. The summed E-state index contributed by atoms with van der Waals surface area (Å²) in [6, 6.07) is 4.32. The predicted octanol–water partition coefficient (Wildman–Crippen LogP) is 3.66. The standard InChI is InChI=1S/C38H44O13/c1-16-23(39)8-10-29(48-16)50-26-9-11-30(49-17(26)2)51-37-18(3)47-28(13-24(37)40)19-6-7-20-33(34(19)42)36(44)21-12-27(46-5)22-14-38(4,45)15-25(41)31(22)32(21)35(20)43/h6-7,12,16-18,24,26,28-30,37,40,42,45H,8-11,13-15H2,1-5H3. The van der Waals surface area contributed by atoms with Gasteiger partial charge < -0.3 is 43.7 Å². The van der Waals surface area contributed by atoms with Crippen LogP contribution < -0.4 is 4.74 Å². The van der Waals surface area contributed by atoms with Crippen molar-refractivity contribution in [2.75, 3.05) is 7.11 Å². The Labute approximate surface area is 295 Å². The second-order valence-corrected chi connectivity index (χ2v) is 14.7. The summed E-state index contributed by atoms with van der Waals surface area (Å²) in [6.45, 7) is 6.87. The topological polar surface area (TPSA) is 184 Å². The summed E-state index contributed by atoms with van der Waals surface area (Å²) in [4.78, 5) is 53.0. The first-order chi connectivity index (χ1) is 24.2. The van der Waals surface area contributed by atoms with Crippen molar-refractivity contribution in [3.63, 3.8) is 0 Å². The fraction of sp³-hybridized carbons (Fsp3) is 0.579. The van der Waals surface area contributed by atoms with Crippen LogP contribution in [0.15, 0.2) is 18.2 Å². The van der Waals surface area contributed by atoms with E-state index in [1.165, 1.54) is 32.2 Å². The molecular weight excluding hydrogens is 664 g/mol. The molecule has 0 saturated carbocycles. The van der Waals surface area contributed by atoms with E-state index < -0.39 is 71.8 Å². The van der Waals surface area contributed by atoms with Crippen LogP contribution in [0.3, 0.4) is 0 Å². The van der Waals surface area contributed by atoms with Gasteiger partial charge in [-0.1, -0.05) is 6.07 Å². The van der Waals surface area contributed by atoms with E-state index in [-0.39, 0.29) is 76.4 Å². The van der Waals surface area contributed by atoms with Gasteiger partial charge in [-0.3, -0.25) is 19.2 Å². The average Bonchev–Trinajstić information content (AvgIpc) is 3.06. The quantitative estimate of drug-likeness (QED) is 0.338. The number of hydrogen-bond donors (Lipinski definition) is 3. The van der Waals surface area contributed by atoms with E-state index in [2.05, 4.69) is 0 Å². The summed E-state index contributed by atoms with van der Waals surface area (Å²) in [7, 11) is 1.38. The van der Waals surface area contributed by atoms with E-state index in [1.807, 2.05) is 6.92 Å². The summed E-state index contributed by atoms with van der Waals surface area (Å²) < 4.78 is 35.9. The number of aromatic hydroxyl groups is 1. The van der Waals surface area contributed by atoms with Gasteiger partial charge in [-0.15, -0.1) is 0 Å². The summed E-state index contributed by atoms with van der Waals surface area (Å²) in [5, 5.41) is 33.5. The Morgan fingerprint density at radius 3 is 2.25 bits per heavy atom. The third kappa shape index (κ3) is 6.43. The molecule has 13 heteroatoms. The second-order valence-electron chi connectivity index (χ2n) is 14.7. The van der Waals surface area contributed by atoms with Crippen LogP contribution in [0.2, 0.25) is 0 Å². The second kappa shape index (κ2) is 13.4. The van der Waals surface area contributed by atoms with E-state index >= 15 is 0 Å². The number of fused-ring (bicyclic) bond motifs is 4. The zero-order valence-corrected chi connectivity index (χ0v) is 29.3. The average molecular weight is 709 g/mol. The van der Waals surface area contributed by atoms with Gasteiger partial charge in [-0.25, -0.2) is 0 Å². The zero-order chi connectivity index (χ0) is 36.5. The number of aliphatic hydroxyl groups excluding tert-OH is 1. The van der Waals surface area contributed by atoms with Crippen LogP contribution >= 0.6 is 0 Å². The first-order valence-electron chi connectivity index (χ1n) is 17.6. The number of rotatable bonds is 6. The minimum Gasteiger partial charge on any atom is -0.507 e. The molecular formula is C38H44O13. The zero-order valence-electron chi connectivity index (χ0n) is 29.3. The summed E-state index contributed by atoms with van der Waals surface area (Å²) in [5.41, 5.74) is -1.08. The molecule has 2 aromatic carbocycles. The van der Waals surface area contributed by atoms with Crippen molar-refractivity contribution in [1.29, 1.82) is 0 Å². The van der Waals surface area contributed by atoms with Gasteiger partial charge in [-0.2, -0.15) is 0 Å². The highest BCUT2D eigenvalue weighted by atomic mass is 16.7. The molecule has 0 radical (unpaired) electrons. The number of carbonyl (C=O) groups excluding carboxylic acids is 4. The van der Waals surface area contributed by atoms with Gasteiger partial charge in [0.2, 0.25) is 0 Å². The van der Waals surface area contributed by atoms with Gasteiger partial charge in [-0.05, 0) is 46.2 Å². The molecule has 7 rings (SSSR count). The van der Waals surface area contributed by atoms with Gasteiger partial charge in [0.25, 0.3) is 0 Å². The van der Waals surface area contributed by atoms with Crippen LogP contribution in [0.5, 0.6) is 11.5 Å². The molecule has 2 aliphatic carbocycles. The van der Waals surface area contributed by atoms with Gasteiger partial charge in [0, 0.05) is 71.9 Å². The van der Waals surface area contributed by atoms with E-state index in [0.717, 1.165) is 0 Å². The SMILES string of the molecule is COc1cc2c(c3c1CC(C)(O)CC3=O)C(=O)c1ccc(C3CC(O)C(OC4CCC(OC5CCC(=O)C(C)O5)C(C)O4)C(C)O3)c(O)c1C2=O. The van der Waals surface area contributed by atoms with Crippen molar-refractivity contribution < 1.29 is 62.9 Å². The van der Waals surface area contributed by atoms with Crippen LogP contribution in [0.1, 0.15) is 126 Å². The lowest BCUT2D eigenvalue weighted by Gasteiger charge is -2.42. The lowest BCUT2D eigenvalue weighted by molar-refractivity contribution is -0.298. The lowest BCUT2D eigenvalue weighted by atomic mass is 9.72. The van der Waals surface area contributed by atoms with E-state index in [4.69, 9.17) is 28.4 Å². The molecule has 0 aromatic heterocycles. The fourth-order valence-electron chi connectivity index (χ4n) is 8.19. The Kier molecular flexibility index (Phi) is 9.45. The maximum Gasteiger partial charge on any atom is 0.198 e. The molecule has 3 saturated heterocycles. The molecule has 3 aliphatic heterocycles. The molecule has 3 N–H and O–H groups in total. The van der Waals surface area contributed by atoms with Crippen LogP contribution in [-0.2, 0) is 34.9 Å². The Morgan fingerprint density at radius 1 is 0.843 bits per heavy atom. The van der Waals surface area contributed by atoms with Crippen molar-refractivity contribution in [2.24, 2.45) is 0 Å².